The van der Waals surface area contributed by atoms with Crippen LogP contribution in [0.15, 0.2) is 4.99 Å². The standard InChI is InChI=1S/C6H10NO4PS/c8-12(10-4-5-3-9-5)11-6-7-1-2-13-6/h5,12H,1-4H2. The Morgan fingerprint density at radius 3 is 3.23 bits per heavy atom. The largest absolute Gasteiger partial charge is 0.402 e. The van der Waals surface area contributed by atoms with Crippen molar-refractivity contribution in [3.63, 3.8) is 0 Å². The summed E-state index contributed by atoms with van der Waals surface area (Å²) in [6.45, 7) is 1.79. The van der Waals surface area contributed by atoms with E-state index >= 15 is 0 Å². The van der Waals surface area contributed by atoms with E-state index < -0.39 is 8.25 Å². The van der Waals surface area contributed by atoms with Crippen molar-refractivity contribution in [3.8, 4) is 0 Å². The van der Waals surface area contributed by atoms with Gasteiger partial charge in [0.25, 0.3) is 5.23 Å². The number of ether oxygens (including phenoxy) is 1. The lowest BCUT2D eigenvalue weighted by Gasteiger charge is -2.03. The summed E-state index contributed by atoms with van der Waals surface area (Å²) in [5.41, 5.74) is 0. The van der Waals surface area contributed by atoms with E-state index in [9.17, 15) is 4.57 Å². The van der Waals surface area contributed by atoms with E-state index in [2.05, 4.69) is 4.99 Å². The normalized spacial score (nSPS) is 28.3. The van der Waals surface area contributed by atoms with Crippen molar-refractivity contribution in [1.82, 2.24) is 0 Å². The fourth-order valence-electron chi connectivity index (χ4n) is 0.803. The zero-order valence-corrected chi connectivity index (χ0v) is 8.71. The molecule has 2 atom stereocenters. The van der Waals surface area contributed by atoms with Gasteiger partial charge in [-0.05, 0) is 0 Å². The van der Waals surface area contributed by atoms with Gasteiger partial charge in [-0.2, -0.15) is 0 Å². The molecule has 2 heterocycles. The van der Waals surface area contributed by atoms with Crippen molar-refractivity contribution in [2.45, 2.75) is 6.10 Å². The molecule has 0 N–H and O–H groups in total. The van der Waals surface area contributed by atoms with Crippen LogP contribution in [0.4, 0.5) is 0 Å². The molecular weight excluding hydrogens is 213 g/mol. The third-order valence-corrected chi connectivity index (χ3v) is 3.27. The molecule has 13 heavy (non-hydrogen) atoms. The van der Waals surface area contributed by atoms with Crippen molar-refractivity contribution >= 4 is 25.2 Å². The van der Waals surface area contributed by atoms with Gasteiger partial charge in [-0.1, -0.05) is 11.8 Å². The molecule has 0 aromatic heterocycles. The summed E-state index contributed by atoms with van der Waals surface area (Å²) in [4.78, 5) is 3.99. The Morgan fingerprint density at radius 1 is 1.77 bits per heavy atom. The predicted octanol–water partition coefficient (Wildman–Crippen LogP) is 0.911. The number of aliphatic imine (C=N–C) groups is 1. The van der Waals surface area contributed by atoms with Gasteiger partial charge in [0.05, 0.1) is 19.8 Å². The first-order valence-electron chi connectivity index (χ1n) is 3.98. The Morgan fingerprint density at radius 2 is 2.62 bits per heavy atom. The van der Waals surface area contributed by atoms with E-state index in [1.165, 1.54) is 11.8 Å². The maximum absolute atomic E-state index is 11.1. The quantitative estimate of drug-likeness (QED) is 0.523. The minimum Gasteiger partial charge on any atom is -0.402 e. The summed E-state index contributed by atoms with van der Waals surface area (Å²) < 4.78 is 25.9. The first-order chi connectivity index (χ1) is 6.34. The number of thioether (sulfide) groups is 1. The van der Waals surface area contributed by atoms with Crippen LogP contribution >= 0.6 is 20.0 Å². The first kappa shape index (κ1) is 9.52. The summed E-state index contributed by atoms with van der Waals surface area (Å²) in [5.74, 6) is 0.899. The molecule has 2 aliphatic rings. The van der Waals surface area contributed by atoms with Crippen LogP contribution in [-0.4, -0.2) is 36.8 Å². The summed E-state index contributed by atoms with van der Waals surface area (Å²) >= 11 is 1.46. The van der Waals surface area contributed by atoms with E-state index in [0.717, 1.165) is 12.3 Å². The topological polar surface area (TPSA) is 60.4 Å². The second kappa shape index (κ2) is 4.46. The third-order valence-electron chi connectivity index (χ3n) is 1.52. The van der Waals surface area contributed by atoms with Gasteiger partial charge in [0.2, 0.25) is 0 Å². The van der Waals surface area contributed by atoms with Gasteiger partial charge < -0.3 is 9.26 Å². The number of nitrogens with zero attached hydrogens (tertiary/aromatic N) is 1. The summed E-state index contributed by atoms with van der Waals surface area (Å²) in [6, 6.07) is 0. The van der Waals surface area contributed by atoms with Crippen LogP contribution in [0.2, 0.25) is 0 Å². The Bertz CT molecular complexity index is 243. The molecule has 5 nitrogen and oxygen atoms in total. The highest BCUT2D eigenvalue weighted by molar-refractivity contribution is 8.14. The van der Waals surface area contributed by atoms with Gasteiger partial charge in [-0.15, -0.1) is 0 Å². The van der Waals surface area contributed by atoms with Gasteiger partial charge in [0, 0.05) is 5.75 Å². The van der Waals surface area contributed by atoms with E-state index in [-0.39, 0.29) is 6.10 Å². The highest BCUT2D eigenvalue weighted by Gasteiger charge is 2.24. The molecule has 0 spiro atoms. The lowest BCUT2D eigenvalue weighted by Crippen LogP contribution is -1.97. The lowest BCUT2D eigenvalue weighted by molar-refractivity contribution is 0.247. The fourth-order valence-corrected chi connectivity index (χ4v) is 2.37. The van der Waals surface area contributed by atoms with Gasteiger partial charge in [0.1, 0.15) is 6.10 Å². The maximum atomic E-state index is 11.1. The van der Waals surface area contributed by atoms with Crippen LogP contribution in [-0.2, 0) is 18.3 Å². The van der Waals surface area contributed by atoms with Gasteiger partial charge >= 0.3 is 8.25 Å². The monoisotopic (exact) mass is 223 g/mol. The minimum absolute atomic E-state index is 0.121. The molecule has 7 heteroatoms. The maximum Gasteiger partial charge on any atom is 0.369 e. The lowest BCUT2D eigenvalue weighted by atomic mass is 10.5. The van der Waals surface area contributed by atoms with Crippen LogP contribution in [0.25, 0.3) is 0 Å². The van der Waals surface area contributed by atoms with E-state index in [0.29, 0.717) is 18.4 Å². The minimum atomic E-state index is -2.41. The molecule has 0 radical (unpaired) electrons. The number of epoxide rings is 1. The summed E-state index contributed by atoms with van der Waals surface area (Å²) in [6.07, 6.45) is 0.121. The van der Waals surface area contributed by atoms with Crippen LogP contribution in [0.5, 0.6) is 0 Å². The zero-order chi connectivity index (χ0) is 9.10. The highest BCUT2D eigenvalue weighted by atomic mass is 32.2. The average molecular weight is 223 g/mol. The van der Waals surface area contributed by atoms with Crippen LogP contribution < -0.4 is 0 Å². The molecule has 2 aliphatic heterocycles. The second-order valence-corrected chi connectivity index (χ2v) is 4.65. The van der Waals surface area contributed by atoms with Crippen molar-refractivity contribution < 1.29 is 18.3 Å². The van der Waals surface area contributed by atoms with Crippen molar-refractivity contribution in [1.29, 1.82) is 0 Å². The van der Waals surface area contributed by atoms with Crippen LogP contribution in [0.1, 0.15) is 0 Å². The van der Waals surface area contributed by atoms with E-state index in [1.807, 2.05) is 0 Å². The number of hydrogen-bond acceptors (Lipinski definition) is 6. The molecule has 0 bridgehead atoms. The van der Waals surface area contributed by atoms with E-state index in [4.69, 9.17) is 13.8 Å². The molecule has 0 aromatic carbocycles. The molecule has 0 amide bonds. The third kappa shape index (κ3) is 3.31. The van der Waals surface area contributed by atoms with Crippen molar-refractivity contribution in [3.05, 3.63) is 0 Å². The summed E-state index contributed by atoms with van der Waals surface area (Å²) in [5, 5.41) is 0.487. The molecule has 0 saturated carbocycles. The van der Waals surface area contributed by atoms with Gasteiger partial charge in [0.15, 0.2) is 0 Å². The fraction of sp³-hybridized carbons (Fsp3) is 0.833. The molecule has 0 aromatic rings. The Kier molecular flexibility index (Phi) is 3.27. The van der Waals surface area contributed by atoms with Crippen LogP contribution in [0, 0.1) is 0 Å². The molecule has 1 fully saturated rings. The molecule has 74 valence electrons. The smallest absolute Gasteiger partial charge is 0.369 e. The molecule has 0 aliphatic carbocycles. The molecule has 2 rings (SSSR count). The first-order valence-corrected chi connectivity index (χ1v) is 6.19. The summed E-state index contributed by atoms with van der Waals surface area (Å²) in [7, 11) is -2.41. The van der Waals surface area contributed by atoms with Crippen molar-refractivity contribution in [2.75, 3.05) is 25.5 Å². The Balaban J connectivity index is 1.64. The van der Waals surface area contributed by atoms with Crippen molar-refractivity contribution in [2.24, 2.45) is 4.99 Å². The van der Waals surface area contributed by atoms with Crippen LogP contribution in [0.3, 0.4) is 0 Å². The molecular formula is C6H10NO4PS. The second-order valence-electron chi connectivity index (χ2n) is 2.61. The van der Waals surface area contributed by atoms with Gasteiger partial charge in [-0.3, -0.25) is 4.52 Å². The number of rotatable bonds is 4. The van der Waals surface area contributed by atoms with Gasteiger partial charge in [-0.25, -0.2) is 9.56 Å². The molecule has 1 saturated heterocycles. The average Bonchev–Trinajstić information content (AvgIpc) is 2.82. The molecule has 2 unspecified atom stereocenters. The Labute approximate surface area is 80.8 Å². The number of hydrogen-bond donors (Lipinski definition) is 0. The SMILES string of the molecule is O=[PH](OCC1CO1)OC1=NCCS1. The highest BCUT2D eigenvalue weighted by Crippen LogP contribution is 2.30. The Hall–Kier alpha value is -0.0300. The zero-order valence-electron chi connectivity index (χ0n) is 6.89. The predicted molar refractivity (Wildman–Crippen MR) is 50.5 cm³/mol. The van der Waals surface area contributed by atoms with E-state index in [1.54, 1.807) is 0 Å².